The molecule has 1 aromatic heterocycles. The maximum absolute atomic E-state index is 9.65. The van der Waals surface area contributed by atoms with Crippen LogP contribution in [0.5, 0.6) is 0 Å². The third kappa shape index (κ3) is 1.63. The lowest BCUT2D eigenvalue weighted by Crippen LogP contribution is -2.20. The number of furan rings is 1. The summed E-state index contributed by atoms with van der Waals surface area (Å²) in [6, 6.07) is 6.22. The number of aliphatic imine (C=N–C) groups is 1. The number of thioether (sulfide) groups is 1. The van der Waals surface area contributed by atoms with Crippen LogP contribution in [-0.2, 0) is 0 Å². The van der Waals surface area contributed by atoms with Crippen molar-refractivity contribution in [1.29, 1.82) is 0 Å². The summed E-state index contributed by atoms with van der Waals surface area (Å²) in [6.45, 7) is 3.80. The summed E-state index contributed by atoms with van der Waals surface area (Å²) in [7, 11) is 0. The Morgan fingerprint density at radius 3 is 3.20 bits per heavy atom. The largest absolute Gasteiger partial charge is 0.464 e. The first-order chi connectivity index (χ1) is 9.78. The highest BCUT2D eigenvalue weighted by Crippen LogP contribution is 2.43. The standard InChI is InChI=1S/C15H14N2O2S/c1-9-6-10-2-5-19-14(10)11(7-9)13-12(8-18)20-15-16-3-4-17(13)15/h2,5-7,18H,3-4,8H2,1H3. The molecular formula is C15H14N2O2S. The van der Waals surface area contributed by atoms with Crippen molar-refractivity contribution in [2.24, 2.45) is 4.99 Å². The molecule has 5 heteroatoms. The van der Waals surface area contributed by atoms with E-state index < -0.39 is 0 Å². The highest BCUT2D eigenvalue weighted by molar-refractivity contribution is 8.17. The molecule has 0 bridgehead atoms. The van der Waals surface area contributed by atoms with Gasteiger partial charge in [0.05, 0.1) is 25.1 Å². The smallest absolute Gasteiger partial charge is 0.168 e. The molecule has 2 aliphatic rings. The van der Waals surface area contributed by atoms with E-state index in [-0.39, 0.29) is 6.61 Å². The highest BCUT2D eigenvalue weighted by atomic mass is 32.2. The fourth-order valence-electron chi connectivity index (χ4n) is 2.84. The topological polar surface area (TPSA) is 49.0 Å². The van der Waals surface area contributed by atoms with Gasteiger partial charge in [-0.25, -0.2) is 0 Å². The number of benzene rings is 1. The van der Waals surface area contributed by atoms with E-state index in [4.69, 9.17) is 4.42 Å². The molecule has 0 aliphatic carbocycles. The lowest BCUT2D eigenvalue weighted by Gasteiger charge is -2.18. The van der Waals surface area contributed by atoms with Crippen molar-refractivity contribution in [2.75, 3.05) is 19.7 Å². The summed E-state index contributed by atoms with van der Waals surface area (Å²) in [6.07, 6.45) is 1.72. The van der Waals surface area contributed by atoms with Gasteiger partial charge in [-0.15, -0.1) is 0 Å². The molecule has 20 heavy (non-hydrogen) atoms. The van der Waals surface area contributed by atoms with Crippen LogP contribution in [0.2, 0.25) is 0 Å². The first-order valence-corrected chi connectivity index (χ1v) is 7.41. The molecule has 0 fully saturated rings. The Hall–Kier alpha value is -1.72. The van der Waals surface area contributed by atoms with Crippen molar-refractivity contribution in [3.8, 4) is 0 Å². The van der Waals surface area contributed by atoms with E-state index in [1.807, 2.05) is 6.07 Å². The van der Waals surface area contributed by atoms with E-state index in [1.54, 1.807) is 18.0 Å². The Morgan fingerprint density at radius 2 is 2.35 bits per heavy atom. The first-order valence-electron chi connectivity index (χ1n) is 6.60. The number of aliphatic hydroxyl groups is 1. The number of amidine groups is 1. The highest BCUT2D eigenvalue weighted by Gasteiger charge is 2.33. The van der Waals surface area contributed by atoms with Crippen LogP contribution in [0.25, 0.3) is 16.7 Å². The second kappa shape index (κ2) is 4.40. The summed E-state index contributed by atoms with van der Waals surface area (Å²) in [5, 5.41) is 11.7. The molecule has 2 aromatic rings. The lowest BCUT2D eigenvalue weighted by molar-refractivity contribution is 0.339. The van der Waals surface area contributed by atoms with Gasteiger partial charge < -0.3 is 14.4 Å². The molecule has 1 aromatic carbocycles. The average molecular weight is 286 g/mol. The van der Waals surface area contributed by atoms with Crippen molar-refractivity contribution in [3.63, 3.8) is 0 Å². The van der Waals surface area contributed by atoms with Crippen molar-refractivity contribution in [3.05, 3.63) is 40.5 Å². The van der Waals surface area contributed by atoms with Crippen LogP contribution in [0, 0.1) is 6.92 Å². The van der Waals surface area contributed by atoms with Crippen LogP contribution < -0.4 is 0 Å². The Bertz CT molecular complexity index is 760. The summed E-state index contributed by atoms with van der Waals surface area (Å²) in [5.41, 5.74) is 4.17. The molecule has 0 unspecified atom stereocenters. The third-order valence-electron chi connectivity index (χ3n) is 3.64. The van der Waals surface area contributed by atoms with Crippen molar-refractivity contribution < 1.29 is 9.52 Å². The molecule has 4 rings (SSSR count). The molecule has 3 heterocycles. The number of hydrogen-bond donors (Lipinski definition) is 1. The molecule has 0 saturated carbocycles. The maximum atomic E-state index is 9.65. The maximum Gasteiger partial charge on any atom is 0.168 e. The second-order valence-corrected chi connectivity index (χ2v) is 6.06. The zero-order chi connectivity index (χ0) is 13.7. The van der Waals surface area contributed by atoms with E-state index in [0.717, 1.165) is 45.4 Å². The molecule has 0 amide bonds. The van der Waals surface area contributed by atoms with Gasteiger partial charge in [0.2, 0.25) is 0 Å². The fourth-order valence-corrected chi connectivity index (χ4v) is 3.89. The summed E-state index contributed by atoms with van der Waals surface area (Å²) in [4.78, 5) is 7.62. The number of nitrogens with zero attached hydrogens (tertiary/aromatic N) is 2. The van der Waals surface area contributed by atoms with Crippen LogP contribution in [0.3, 0.4) is 0 Å². The van der Waals surface area contributed by atoms with Crippen molar-refractivity contribution >= 4 is 33.6 Å². The van der Waals surface area contributed by atoms with Crippen LogP contribution in [0.4, 0.5) is 0 Å². The predicted octanol–water partition coefficient (Wildman–Crippen LogP) is 2.82. The fraction of sp³-hybridized carbons (Fsp3) is 0.267. The van der Waals surface area contributed by atoms with Gasteiger partial charge in [0.25, 0.3) is 0 Å². The Balaban J connectivity index is 1.97. The molecular weight excluding hydrogens is 272 g/mol. The summed E-state index contributed by atoms with van der Waals surface area (Å²) < 4.78 is 5.67. The zero-order valence-corrected chi connectivity index (χ0v) is 11.9. The first kappa shape index (κ1) is 12.1. The number of aryl methyl sites for hydroxylation is 1. The lowest BCUT2D eigenvalue weighted by atomic mass is 10.0. The van der Waals surface area contributed by atoms with Crippen molar-refractivity contribution in [1.82, 2.24) is 4.90 Å². The quantitative estimate of drug-likeness (QED) is 0.922. The average Bonchev–Trinajstić information content (AvgIpc) is 3.11. The molecule has 0 saturated heterocycles. The Labute approximate surface area is 120 Å². The predicted molar refractivity (Wildman–Crippen MR) is 81.6 cm³/mol. The van der Waals surface area contributed by atoms with Gasteiger partial charge in [-0.05, 0) is 30.7 Å². The molecule has 0 atom stereocenters. The second-order valence-electron chi connectivity index (χ2n) is 5.00. The van der Waals surface area contributed by atoms with Crippen LogP contribution in [-0.4, -0.2) is 34.9 Å². The van der Waals surface area contributed by atoms with E-state index in [9.17, 15) is 5.11 Å². The number of rotatable bonds is 2. The SMILES string of the molecule is Cc1cc(C2=C(CO)SC3=NCCN32)c2occc2c1. The minimum absolute atomic E-state index is 0.0334. The monoisotopic (exact) mass is 286 g/mol. The van der Waals surface area contributed by atoms with Crippen LogP contribution >= 0.6 is 11.8 Å². The van der Waals surface area contributed by atoms with Gasteiger partial charge in [-0.1, -0.05) is 11.8 Å². The van der Waals surface area contributed by atoms with Gasteiger partial charge in [0, 0.05) is 22.4 Å². The molecule has 4 nitrogen and oxygen atoms in total. The van der Waals surface area contributed by atoms with Gasteiger partial charge in [0.15, 0.2) is 5.17 Å². The Morgan fingerprint density at radius 1 is 1.45 bits per heavy atom. The van der Waals surface area contributed by atoms with Gasteiger partial charge >= 0.3 is 0 Å². The minimum Gasteiger partial charge on any atom is -0.464 e. The number of hydrogen-bond acceptors (Lipinski definition) is 5. The molecule has 0 spiro atoms. The van der Waals surface area contributed by atoms with Crippen molar-refractivity contribution in [2.45, 2.75) is 6.92 Å². The molecule has 1 N–H and O–H groups in total. The molecule has 2 aliphatic heterocycles. The minimum atomic E-state index is 0.0334. The van der Waals surface area contributed by atoms with E-state index in [0.29, 0.717) is 0 Å². The molecule has 0 radical (unpaired) electrons. The summed E-state index contributed by atoms with van der Waals surface area (Å²) in [5.74, 6) is 0. The third-order valence-corrected chi connectivity index (χ3v) is 4.75. The van der Waals surface area contributed by atoms with Gasteiger partial charge in [-0.2, -0.15) is 0 Å². The van der Waals surface area contributed by atoms with Crippen LogP contribution in [0.15, 0.2) is 38.8 Å². The van der Waals surface area contributed by atoms with E-state index >= 15 is 0 Å². The Kier molecular flexibility index (Phi) is 2.65. The van der Waals surface area contributed by atoms with Crippen LogP contribution in [0.1, 0.15) is 11.1 Å². The normalized spacial score (nSPS) is 18.1. The zero-order valence-electron chi connectivity index (χ0n) is 11.1. The van der Waals surface area contributed by atoms with Gasteiger partial charge in [0.1, 0.15) is 5.58 Å². The van der Waals surface area contributed by atoms with Gasteiger partial charge in [-0.3, -0.25) is 4.99 Å². The number of fused-ring (bicyclic) bond motifs is 2. The van der Waals surface area contributed by atoms with E-state index in [2.05, 4.69) is 28.9 Å². The summed E-state index contributed by atoms with van der Waals surface area (Å²) >= 11 is 1.57. The number of aliphatic hydroxyl groups excluding tert-OH is 1. The van der Waals surface area contributed by atoms with E-state index in [1.165, 1.54) is 5.56 Å². The molecule has 102 valence electrons.